The van der Waals surface area contributed by atoms with E-state index in [1.54, 1.807) is 12.3 Å². The topological polar surface area (TPSA) is 39.1 Å². The van der Waals surface area contributed by atoms with Gasteiger partial charge in [0.2, 0.25) is 0 Å². The lowest BCUT2D eigenvalue weighted by Crippen LogP contribution is -2.21. The minimum Gasteiger partial charge on any atom is -0.298 e. The smallest absolute Gasteiger partial charge is 0.265 e. The van der Waals surface area contributed by atoms with Crippen LogP contribution in [0.15, 0.2) is 47.4 Å². The monoisotopic (exact) mass is 255 g/mol. The maximum atomic E-state index is 12.0. The summed E-state index contributed by atoms with van der Waals surface area (Å²) >= 11 is 0. The van der Waals surface area contributed by atoms with Crippen molar-refractivity contribution in [1.82, 2.24) is 4.57 Å². The molecule has 1 aromatic heterocycles. The quantitative estimate of drug-likeness (QED) is 0.774. The van der Waals surface area contributed by atoms with Crippen LogP contribution in [0.5, 0.6) is 0 Å². The number of aldehydes is 1. The van der Waals surface area contributed by atoms with E-state index in [0.717, 1.165) is 5.69 Å². The Morgan fingerprint density at radius 3 is 2.21 bits per heavy atom. The second-order valence-corrected chi connectivity index (χ2v) is 5.55. The zero-order valence-electron chi connectivity index (χ0n) is 11.4. The Bertz CT molecular complexity index is 646. The minimum atomic E-state index is -0.291. The molecule has 0 spiro atoms. The summed E-state index contributed by atoms with van der Waals surface area (Å²) in [5, 5.41) is 0. The van der Waals surface area contributed by atoms with Crippen LogP contribution in [0.2, 0.25) is 0 Å². The first kappa shape index (κ1) is 13.3. The Labute approximate surface area is 112 Å². The highest BCUT2D eigenvalue weighted by Crippen LogP contribution is 2.22. The van der Waals surface area contributed by atoms with E-state index in [0.29, 0.717) is 6.29 Å². The van der Waals surface area contributed by atoms with E-state index < -0.39 is 0 Å². The summed E-state index contributed by atoms with van der Waals surface area (Å²) in [5.74, 6) is 0. The van der Waals surface area contributed by atoms with Crippen molar-refractivity contribution in [1.29, 1.82) is 0 Å². The van der Waals surface area contributed by atoms with Gasteiger partial charge in [0.15, 0.2) is 6.29 Å². The fourth-order valence-electron chi connectivity index (χ4n) is 1.93. The van der Waals surface area contributed by atoms with Gasteiger partial charge in [0, 0.05) is 11.9 Å². The van der Waals surface area contributed by atoms with E-state index in [1.165, 1.54) is 16.2 Å². The summed E-state index contributed by atoms with van der Waals surface area (Å²) in [7, 11) is 0. The molecule has 1 aromatic carbocycles. The highest BCUT2D eigenvalue weighted by Gasteiger charge is 2.13. The Kier molecular flexibility index (Phi) is 3.38. The van der Waals surface area contributed by atoms with Gasteiger partial charge in [0.1, 0.15) is 0 Å². The Morgan fingerprint density at radius 1 is 1.05 bits per heavy atom. The molecule has 2 rings (SSSR count). The predicted octanol–water partition coefficient (Wildman–Crippen LogP) is 2.95. The van der Waals surface area contributed by atoms with Crippen LogP contribution in [0.1, 0.15) is 36.7 Å². The SMILES string of the molecule is CC(C)(C)c1ccc(-n2cccc(C=O)c2=O)cc1. The summed E-state index contributed by atoms with van der Waals surface area (Å²) in [4.78, 5) is 22.8. The molecule has 3 nitrogen and oxygen atoms in total. The Balaban J connectivity index is 2.49. The Morgan fingerprint density at radius 2 is 1.68 bits per heavy atom. The molecule has 19 heavy (non-hydrogen) atoms. The first-order valence-corrected chi connectivity index (χ1v) is 6.21. The lowest BCUT2D eigenvalue weighted by atomic mass is 9.87. The van der Waals surface area contributed by atoms with Crippen molar-refractivity contribution in [2.24, 2.45) is 0 Å². The highest BCUT2D eigenvalue weighted by molar-refractivity contribution is 5.74. The second-order valence-electron chi connectivity index (χ2n) is 5.55. The van der Waals surface area contributed by atoms with Crippen LogP contribution in [0, 0.1) is 0 Å². The van der Waals surface area contributed by atoms with Gasteiger partial charge in [-0.15, -0.1) is 0 Å². The molecule has 0 radical (unpaired) electrons. The molecule has 98 valence electrons. The van der Waals surface area contributed by atoms with Crippen molar-refractivity contribution in [2.75, 3.05) is 0 Å². The molecule has 0 saturated heterocycles. The normalized spacial score (nSPS) is 11.3. The number of aromatic nitrogens is 1. The molecule has 0 bridgehead atoms. The third kappa shape index (κ3) is 2.65. The molecule has 0 aliphatic carbocycles. The molecule has 0 atom stereocenters. The molecule has 0 N–H and O–H groups in total. The zero-order chi connectivity index (χ0) is 14.0. The number of benzene rings is 1. The molecular weight excluding hydrogens is 238 g/mol. The third-order valence-electron chi connectivity index (χ3n) is 3.12. The van der Waals surface area contributed by atoms with E-state index >= 15 is 0 Å². The summed E-state index contributed by atoms with van der Waals surface area (Å²) in [6.07, 6.45) is 2.25. The second kappa shape index (κ2) is 4.84. The molecule has 0 unspecified atom stereocenters. The van der Waals surface area contributed by atoms with Gasteiger partial charge in [0.25, 0.3) is 5.56 Å². The van der Waals surface area contributed by atoms with Crippen molar-refractivity contribution < 1.29 is 4.79 Å². The van der Waals surface area contributed by atoms with E-state index in [9.17, 15) is 9.59 Å². The molecule has 0 aliphatic rings. The standard InChI is InChI=1S/C16H17NO2/c1-16(2,3)13-6-8-14(9-7-13)17-10-4-5-12(11-18)15(17)19/h4-11H,1-3H3. The molecule has 2 aromatic rings. The average Bonchev–Trinajstić information content (AvgIpc) is 2.38. The summed E-state index contributed by atoms with van der Waals surface area (Å²) in [6.45, 7) is 6.42. The lowest BCUT2D eigenvalue weighted by Gasteiger charge is -2.19. The van der Waals surface area contributed by atoms with Crippen LogP contribution in [-0.2, 0) is 5.41 Å². The van der Waals surface area contributed by atoms with Crippen LogP contribution in [0.25, 0.3) is 5.69 Å². The number of carbonyl (C=O) groups excluding carboxylic acids is 1. The fourth-order valence-corrected chi connectivity index (χ4v) is 1.93. The van der Waals surface area contributed by atoms with Crippen LogP contribution in [-0.4, -0.2) is 10.9 Å². The van der Waals surface area contributed by atoms with Crippen LogP contribution in [0.4, 0.5) is 0 Å². The number of hydrogen-bond acceptors (Lipinski definition) is 2. The van der Waals surface area contributed by atoms with Crippen LogP contribution >= 0.6 is 0 Å². The van der Waals surface area contributed by atoms with Gasteiger partial charge in [0.05, 0.1) is 5.56 Å². The minimum absolute atomic E-state index is 0.0775. The molecule has 0 fully saturated rings. The molecule has 0 saturated carbocycles. The van der Waals surface area contributed by atoms with Crippen molar-refractivity contribution >= 4 is 6.29 Å². The molecule has 3 heteroatoms. The van der Waals surface area contributed by atoms with Gasteiger partial charge in [-0.1, -0.05) is 32.9 Å². The summed E-state index contributed by atoms with van der Waals surface area (Å²) in [6, 6.07) is 11.0. The number of hydrogen-bond donors (Lipinski definition) is 0. The largest absolute Gasteiger partial charge is 0.298 e. The fraction of sp³-hybridized carbons (Fsp3) is 0.250. The predicted molar refractivity (Wildman–Crippen MR) is 76.1 cm³/mol. The number of rotatable bonds is 2. The molecule has 0 amide bonds. The first-order chi connectivity index (χ1) is 8.93. The van der Waals surface area contributed by atoms with Gasteiger partial charge in [-0.05, 0) is 35.2 Å². The van der Waals surface area contributed by atoms with Crippen LogP contribution < -0.4 is 5.56 Å². The maximum Gasteiger partial charge on any atom is 0.265 e. The van der Waals surface area contributed by atoms with E-state index in [-0.39, 0.29) is 16.5 Å². The highest BCUT2D eigenvalue weighted by atomic mass is 16.1. The van der Waals surface area contributed by atoms with Gasteiger partial charge >= 0.3 is 0 Å². The van der Waals surface area contributed by atoms with E-state index in [4.69, 9.17) is 0 Å². The maximum absolute atomic E-state index is 12.0. The molecular formula is C16H17NO2. The van der Waals surface area contributed by atoms with Crippen molar-refractivity contribution in [3.63, 3.8) is 0 Å². The van der Waals surface area contributed by atoms with Gasteiger partial charge in [-0.3, -0.25) is 14.2 Å². The summed E-state index contributed by atoms with van der Waals surface area (Å²) in [5.41, 5.74) is 1.93. The van der Waals surface area contributed by atoms with Crippen molar-refractivity contribution in [3.05, 3.63) is 64.1 Å². The number of nitrogens with zero attached hydrogens (tertiary/aromatic N) is 1. The van der Waals surface area contributed by atoms with Gasteiger partial charge in [-0.2, -0.15) is 0 Å². The third-order valence-corrected chi connectivity index (χ3v) is 3.12. The lowest BCUT2D eigenvalue weighted by molar-refractivity contribution is 0.112. The first-order valence-electron chi connectivity index (χ1n) is 6.21. The average molecular weight is 255 g/mol. The Hall–Kier alpha value is -2.16. The van der Waals surface area contributed by atoms with Gasteiger partial charge in [-0.25, -0.2) is 0 Å². The number of carbonyl (C=O) groups is 1. The van der Waals surface area contributed by atoms with Crippen molar-refractivity contribution in [2.45, 2.75) is 26.2 Å². The van der Waals surface area contributed by atoms with E-state index in [2.05, 4.69) is 20.8 Å². The molecule has 1 heterocycles. The zero-order valence-corrected chi connectivity index (χ0v) is 11.4. The van der Waals surface area contributed by atoms with Gasteiger partial charge < -0.3 is 0 Å². The van der Waals surface area contributed by atoms with Crippen molar-refractivity contribution in [3.8, 4) is 5.69 Å². The number of pyridine rings is 1. The van der Waals surface area contributed by atoms with Crippen LogP contribution in [0.3, 0.4) is 0 Å². The molecule has 0 aliphatic heterocycles. The summed E-state index contributed by atoms with van der Waals surface area (Å²) < 4.78 is 1.48. The van der Waals surface area contributed by atoms with E-state index in [1.807, 2.05) is 24.3 Å².